The van der Waals surface area contributed by atoms with Gasteiger partial charge in [0.15, 0.2) is 0 Å². The Hall–Kier alpha value is -3.78. The highest BCUT2D eigenvalue weighted by Gasteiger charge is 2.46. The second-order valence-electron chi connectivity index (χ2n) is 7.74. The summed E-state index contributed by atoms with van der Waals surface area (Å²) in [5, 5.41) is 11.5. The van der Waals surface area contributed by atoms with Crippen molar-refractivity contribution in [1.29, 1.82) is 0 Å². The molecule has 1 atom stereocenters. The van der Waals surface area contributed by atoms with Crippen molar-refractivity contribution < 1.29 is 24.2 Å². The summed E-state index contributed by atoms with van der Waals surface area (Å²) in [6.07, 6.45) is 5.79. The monoisotopic (exact) mass is 481 g/mol. The zero-order valence-electron chi connectivity index (χ0n) is 18.8. The quantitative estimate of drug-likeness (QED) is 0.296. The molecular weight excluding hydrogens is 458 g/mol. The van der Waals surface area contributed by atoms with Crippen LogP contribution in [0.1, 0.15) is 23.6 Å². The largest absolute Gasteiger partial charge is 0.507 e. The predicted molar refractivity (Wildman–Crippen MR) is 127 cm³/mol. The Morgan fingerprint density at radius 3 is 2.53 bits per heavy atom. The van der Waals surface area contributed by atoms with Crippen molar-refractivity contribution in [2.24, 2.45) is 0 Å². The van der Waals surface area contributed by atoms with E-state index in [0.29, 0.717) is 42.1 Å². The van der Waals surface area contributed by atoms with Crippen LogP contribution in [0, 0.1) is 0 Å². The third-order valence-electron chi connectivity index (χ3n) is 5.77. The number of aliphatic hydroxyl groups excluding tert-OH is 1. The summed E-state index contributed by atoms with van der Waals surface area (Å²) in [6, 6.07) is 11.0. The molecule has 176 valence electrons. The van der Waals surface area contributed by atoms with Gasteiger partial charge in [-0.25, -0.2) is 4.98 Å². The Kier molecular flexibility index (Phi) is 6.88. The summed E-state index contributed by atoms with van der Waals surface area (Å²) in [7, 11) is 3.01. The second kappa shape index (κ2) is 10.0. The molecule has 1 aliphatic rings. The molecule has 0 radical (unpaired) electrons. The van der Waals surface area contributed by atoms with E-state index in [4.69, 9.17) is 21.1 Å². The average Bonchev–Trinajstić information content (AvgIpc) is 3.45. The van der Waals surface area contributed by atoms with Gasteiger partial charge in [-0.1, -0.05) is 29.8 Å². The first-order valence-electron chi connectivity index (χ1n) is 10.7. The zero-order chi connectivity index (χ0) is 24.2. The molecule has 1 N–H and O–H groups in total. The SMILES string of the molecule is COc1ccc(C(O)=C2C(=O)C(=O)N(CCCn3ccnc3)C2c2ccccc2OC)cc1Cl. The molecule has 1 amide bonds. The van der Waals surface area contributed by atoms with Crippen molar-refractivity contribution in [3.05, 3.63) is 82.9 Å². The predicted octanol–water partition coefficient (Wildman–Crippen LogP) is 4.07. The van der Waals surface area contributed by atoms with Crippen LogP contribution in [-0.2, 0) is 16.1 Å². The minimum atomic E-state index is -0.820. The van der Waals surface area contributed by atoms with Gasteiger partial charge in [0.2, 0.25) is 0 Å². The second-order valence-corrected chi connectivity index (χ2v) is 8.15. The fraction of sp³-hybridized carbons (Fsp3) is 0.240. The Labute approximate surface area is 202 Å². The number of carbonyl (C=O) groups excluding carboxylic acids is 2. The molecule has 0 aliphatic carbocycles. The molecule has 4 rings (SSSR count). The number of aromatic nitrogens is 2. The molecule has 1 saturated heterocycles. The maximum Gasteiger partial charge on any atom is 0.295 e. The lowest BCUT2D eigenvalue weighted by atomic mass is 9.94. The molecule has 3 aromatic rings. The number of hydrogen-bond acceptors (Lipinski definition) is 6. The molecular formula is C25H24ClN3O5. The van der Waals surface area contributed by atoms with E-state index >= 15 is 0 Å². The first-order valence-corrected chi connectivity index (χ1v) is 11.0. The van der Waals surface area contributed by atoms with Gasteiger partial charge in [-0.2, -0.15) is 0 Å². The smallest absolute Gasteiger partial charge is 0.295 e. The lowest BCUT2D eigenvalue weighted by molar-refractivity contribution is -0.140. The molecule has 1 unspecified atom stereocenters. The van der Waals surface area contributed by atoms with E-state index in [0.717, 1.165) is 0 Å². The van der Waals surface area contributed by atoms with Crippen molar-refractivity contribution in [3.63, 3.8) is 0 Å². The Morgan fingerprint density at radius 2 is 1.85 bits per heavy atom. The first-order chi connectivity index (χ1) is 16.5. The molecule has 2 aromatic carbocycles. The highest BCUT2D eigenvalue weighted by atomic mass is 35.5. The van der Waals surface area contributed by atoms with E-state index in [-0.39, 0.29) is 16.4 Å². The summed E-state index contributed by atoms with van der Waals surface area (Å²) in [5.41, 5.74) is 0.897. The summed E-state index contributed by atoms with van der Waals surface area (Å²) in [6.45, 7) is 0.918. The number of amides is 1. The van der Waals surface area contributed by atoms with Crippen LogP contribution >= 0.6 is 11.6 Å². The van der Waals surface area contributed by atoms with Crippen molar-refractivity contribution >= 4 is 29.1 Å². The summed E-state index contributed by atoms with van der Waals surface area (Å²) < 4.78 is 12.6. The molecule has 1 fully saturated rings. The van der Waals surface area contributed by atoms with Crippen LogP contribution in [-0.4, -0.2) is 52.0 Å². The third kappa shape index (κ3) is 4.36. The van der Waals surface area contributed by atoms with Crippen molar-refractivity contribution in [3.8, 4) is 11.5 Å². The van der Waals surface area contributed by atoms with Crippen LogP contribution in [0.2, 0.25) is 5.02 Å². The van der Waals surface area contributed by atoms with Gasteiger partial charge >= 0.3 is 0 Å². The molecule has 34 heavy (non-hydrogen) atoms. The molecule has 2 heterocycles. The number of rotatable bonds is 8. The number of ether oxygens (including phenoxy) is 2. The summed E-state index contributed by atoms with van der Waals surface area (Å²) in [5.74, 6) is -0.811. The molecule has 0 spiro atoms. The van der Waals surface area contributed by atoms with Crippen LogP contribution < -0.4 is 9.47 Å². The number of Topliss-reactive ketones (excluding diaryl/α,β-unsaturated/α-hetero) is 1. The van der Waals surface area contributed by atoms with E-state index in [9.17, 15) is 14.7 Å². The number of ketones is 1. The maximum atomic E-state index is 13.2. The lowest BCUT2D eigenvalue weighted by Crippen LogP contribution is -2.31. The van der Waals surface area contributed by atoms with Gasteiger partial charge in [0.25, 0.3) is 11.7 Å². The van der Waals surface area contributed by atoms with E-state index in [1.54, 1.807) is 48.9 Å². The Bertz CT molecular complexity index is 1240. The minimum Gasteiger partial charge on any atom is -0.507 e. The number of halogens is 1. The number of benzene rings is 2. The first kappa shape index (κ1) is 23.4. The highest BCUT2D eigenvalue weighted by Crippen LogP contribution is 2.43. The van der Waals surface area contributed by atoms with Gasteiger partial charge in [-0.05, 0) is 30.7 Å². The van der Waals surface area contributed by atoms with Crippen LogP contribution in [0.25, 0.3) is 5.76 Å². The highest BCUT2D eigenvalue weighted by molar-refractivity contribution is 6.46. The Morgan fingerprint density at radius 1 is 1.09 bits per heavy atom. The number of hydrogen-bond donors (Lipinski definition) is 1. The van der Waals surface area contributed by atoms with Crippen molar-refractivity contribution in [1.82, 2.24) is 14.5 Å². The molecule has 0 saturated carbocycles. The minimum absolute atomic E-state index is 0.0154. The topological polar surface area (TPSA) is 93.9 Å². The van der Waals surface area contributed by atoms with Crippen LogP contribution in [0.5, 0.6) is 11.5 Å². The van der Waals surface area contributed by atoms with Crippen LogP contribution in [0.4, 0.5) is 0 Å². The fourth-order valence-electron chi connectivity index (χ4n) is 4.14. The van der Waals surface area contributed by atoms with E-state index in [2.05, 4.69) is 4.98 Å². The standard InChI is InChI=1S/C25H24ClN3O5/c1-33-19-7-4-3-6-17(19)22-21(23(30)16-8-9-20(34-2)18(26)14-16)24(31)25(32)29(22)12-5-11-28-13-10-27-15-28/h3-4,6-10,13-15,22,30H,5,11-12H2,1-2H3. The van der Waals surface area contributed by atoms with E-state index in [1.807, 2.05) is 10.8 Å². The molecule has 1 aromatic heterocycles. The van der Waals surface area contributed by atoms with Gasteiger partial charge in [0.05, 0.1) is 37.2 Å². The van der Waals surface area contributed by atoms with Crippen molar-refractivity contribution in [2.75, 3.05) is 20.8 Å². The van der Waals surface area contributed by atoms with Gasteiger partial charge in [-0.15, -0.1) is 0 Å². The van der Waals surface area contributed by atoms with Crippen LogP contribution in [0.15, 0.2) is 66.8 Å². The van der Waals surface area contributed by atoms with E-state index in [1.165, 1.54) is 25.2 Å². The summed E-state index contributed by atoms with van der Waals surface area (Å²) in [4.78, 5) is 31.8. The van der Waals surface area contributed by atoms with E-state index < -0.39 is 17.7 Å². The normalized spacial score (nSPS) is 17.3. The molecule has 8 nitrogen and oxygen atoms in total. The third-order valence-corrected chi connectivity index (χ3v) is 6.07. The maximum absolute atomic E-state index is 13.2. The van der Waals surface area contributed by atoms with Gasteiger partial charge in [0.1, 0.15) is 17.3 Å². The molecule has 0 bridgehead atoms. The molecule has 9 heteroatoms. The number of para-hydroxylation sites is 1. The van der Waals surface area contributed by atoms with Crippen molar-refractivity contribution in [2.45, 2.75) is 19.0 Å². The average molecular weight is 482 g/mol. The fourth-order valence-corrected chi connectivity index (χ4v) is 4.40. The molecule has 1 aliphatic heterocycles. The van der Waals surface area contributed by atoms with Crippen LogP contribution in [0.3, 0.4) is 0 Å². The number of carbonyl (C=O) groups is 2. The number of nitrogens with zero attached hydrogens (tertiary/aromatic N) is 3. The van der Waals surface area contributed by atoms with Gasteiger partial charge < -0.3 is 24.0 Å². The zero-order valence-corrected chi connectivity index (χ0v) is 19.5. The number of aryl methyl sites for hydroxylation is 1. The number of methoxy groups -OCH3 is 2. The van der Waals surface area contributed by atoms with Gasteiger partial charge in [0, 0.05) is 36.6 Å². The Balaban J connectivity index is 1.78. The summed E-state index contributed by atoms with van der Waals surface area (Å²) >= 11 is 6.24. The number of aliphatic hydroxyl groups is 1. The lowest BCUT2D eigenvalue weighted by Gasteiger charge is -2.26. The number of imidazole rings is 1. The number of likely N-dealkylation sites (tertiary alicyclic amines) is 1. The van der Waals surface area contributed by atoms with Gasteiger partial charge in [-0.3, -0.25) is 9.59 Å².